The van der Waals surface area contributed by atoms with Crippen LogP contribution in [0, 0.1) is 13.8 Å². The summed E-state index contributed by atoms with van der Waals surface area (Å²) in [6, 6.07) is 21.2. The minimum absolute atomic E-state index is 0.185. The van der Waals surface area contributed by atoms with Crippen LogP contribution in [0.2, 0.25) is 0 Å². The molecule has 0 aliphatic carbocycles. The zero-order valence-electron chi connectivity index (χ0n) is 19.9. The molecule has 1 aliphatic rings. The van der Waals surface area contributed by atoms with Gasteiger partial charge in [-0.15, -0.1) is 0 Å². The molecule has 0 radical (unpaired) electrons. The number of hydrogen-bond acceptors (Lipinski definition) is 6. The van der Waals surface area contributed by atoms with Gasteiger partial charge in [0.2, 0.25) is 0 Å². The van der Waals surface area contributed by atoms with Gasteiger partial charge >= 0.3 is 0 Å². The second-order valence-electron chi connectivity index (χ2n) is 8.14. The summed E-state index contributed by atoms with van der Waals surface area (Å²) in [5.74, 6) is 1.59. The van der Waals surface area contributed by atoms with E-state index in [9.17, 15) is 9.59 Å². The highest BCUT2D eigenvalue weighted by Crippen LogP contribution is 2.34. The van der Waals surface area contributed by atoms with Crippen LogP contribution in [0.1, 0.15) is 22.3 Å². The summed E-state index contributed by atoms with van der Waals surface area (Å²) in [5, 5.41) is -0.305. The number of methoxy groups -OCH3 is 1. The minimum Gasteiger partial charge on any atom is -0.493 e. The first kappa shape index (κ1) is 24.4. The van der Waals surface area contributed by atoms with Crippen molar-refractivity contribution >= 4 is 29.0 Å². The van der Waals surface area contributed by atoms with Crippen molar-refractivity contribution in [3.63, 3.8) is 0 Å². The topological polar surface area (TPSA) is 65.1 Å². The molecule has 0 unspecified atom stereocenters. The highest BCUT2D eigenvalue weighted by atomic mass is 32.2. The second kappa shape index (κ2) is 11.1. The highest BCUT2D eigenvalue weighted by Gasteiger charge is 2.34. The average molecular weight is 490 g/mol. The van der Waals surface area contributed by atoms with E-state index in [2.05, 4.69) is 0 Å². The van der Waals surface area contributed by atoms with Crippen LogP contribution < -0.4 is 14.2 Å². The molecule has 4 rings (SSSR count). The largest absolute Gasteiger partial charge is 0.493 e. The lowest BCUT2D eigenvalue weighted by atomic mass is 10.1. The van der Waals surface area contributed by atoms with Crippen molar-refractivity contribution in [1.29, 1.82) is 0 Å². The van der Waals surface area contributed by atoms with Crippen LogP contribution in [0.25, 0.3) is 6.08 Å². The number of carbonyl (C=O) groups excluding carboxylic acids is 2. The summed E-state index contributed by atoms with van der Waals surface area (Å²) in [5.41, 5.74) is 3.89. The van der Waals surface area contributed by atoms with Gasteiger partial charge in [-0.2, -0.15) is 0 Å². The van der Waals surface area contributed by atoms with Gasteiger partial charge in [0.05, 0.1) is 18.6 Å². The van der Waals surface area contributed by atoms with Crippen molar-refractivity contribution in [2.24, 2.45) is 0 Å². The third-order valence-corrected chi connectivity index (χ3v) is 6.42. The molecule has 3 aromatic carbocycles. The van der Waals surface area contributed by atoms with Gasteiger partial charge in [-0.25, -0.2) is 0 Å². The van der Waals surface area contributed by atoms with E-state index >= 15 is 0 Å². The summed E-state index contributed by atoms with van der Waals surface area (Å²) in [6.07, 6.45) is 1.69. The summed E-state index contributed by atoms with van der Waals surface area (Å²) < 4.78 is 17.2. The Morgan fingerprint density at radius 2 is 1.69 bits per heavy atom. The SMILES string of the molecule is COc1cc(/C=C2\SC(=O)N(CCOc3cc(C)ccc3C)C2=O)ccc1OCc1ccccc1. The van der Waals surface area contributed by atoms with Gasteiger partial charge in [0.25, 0.3) is 11.1 Å². The molecular formula is C28H27NO5S. The van der Waals surface area contributed by atoms with Gasteiger partial charge in [-0.05, 0) is 72.1 Å². The molecule has 0 spiro atoms. The minimum atomic E-state index is -0.326. The Balaban J connectivity index is 1.40. The van der Waals surface area contributed by atoms with E-state index in [4.69, 9.17) is 14.2 Å². The molecule has 0 bridgehead atoms. The zero-order chi connectivity index (χ0) is 24.8. The summed E-state index contributed by atoms with van der Waals surface area (Å²) >= 11 is 0.925. The van der Waals surface area contributed by atoms with Crippen molar-refractivity contribution in [1.82, 2.24) is 4.90 Å². The van der Waals surface area contributed by atoms with Gasteiger partial charge in [-0.3, -0.25) is 14.5 Å². The molecule has 1 fully saturated rings. The fraction of sp³-hybridized carbons (Fsp3) is 0.214. The van der Waals surface area contributed by atoms with Crippen LogP contribution in [-0.2, 0) is 11.4 Å². The van der Waals surface area contributed by atoms with Crippen molar-refractivity contribution in [2.75, 3.05) is 20.3 Å². The molecule has 180 valence electrons. The van der Waals surface area contributed by atoms with E-state index in [1.54, 1.807) is 25.3 Å². The van der Waals surface area contributed by atoms with Crippen molar-refractivity contribution in [2.45, 2.75) is 20.5 Å². The van der Waals surface area contributed by atoms with E-state index in [1.165, 1.54) is 4.90 Å². The predicted molar refractivity (Wildman–Crippen MR) is 138 cm³/mol. The van der Waals surface area contributed by atoms with Gasteiger partial charge < -0.3 is 14.2 Å². The number of ether oxygens (including phenoxy) is 3. The number of imide groups is 1. The number of amides is 2. The first-order valence-corrected chi connectivity index (χ1v) is 12.1. The molecule has 1 heterocycles. The fourth-order valence-electron chi connectivity index (χ4n) is 3.58. The Labute approximate surface area is 209 Å². The summed E-state index contributed by atoms with van der Waals surface area (Å²) in [4.78, 5) is 26.9. The first-order valence-electron chi connectivity index (χ1n) is 11.2. The molecule has 2 amide bonds. The molecule has 0 saturated carbocycles. The Kier molecular flexibility index (Phi) is 7.77. The maximum Gasteiger partial charge on any atom is 0.293 e. The maximum absolute atomic E-state index is 12.9. The Hall–Kier alpha value is -3.71. The number of rotatable bonds is 9. The third kappa shape index (κ3) is 6.05. The van der Waals surface area contributed by atoms with E-state index in [0.717, 1.165) is 39.8 Å². The van der Waals surface area contributed by atoms with Gasteiger partial charge in [0.1, 0.15) is 19.0 Å². The quantitative estimate of drug-likeness (QED) is 0.343. The van der Waals surface area contributed by atoms with Crippen LogP contribution in [0.3, 0.4) is 0 Å². The molecule has 0 N–H and O–H groups in total. The standard InChI is InChI=1S/C28H27NO5S/c1-19-9-10-20(2)24(15-19)33-14-13-29-27(30)26(35-28(29)31)17-22-11-12-23(25(16-22)32-3)34-18-21-7-5-4-6-8-21/h4-12,15-17H,13-14,18H2,1-3H3/b26-17-. The van der Waals surface area contributed by atoms with E-state index in [1.807, 2.05) is 68.4 Å². The molecule has 6 nitrogen and oxygen atoms in total. The second-order valence-corrected chi connectivity index (χ2v) is 9.13. The van der Waals surface area contributed by atoms with Gasteiger partial charge in [-0.1, -0.05) is 48.5 Å². The van der Waals surface area contributed by atoms with E-state index in [0.29, 0.717) is 23.0 Å². The zero-order valence-corrected chi connectivity index (χ0v) is 20.8. The smallest absolute Gasteiger partial charge is 0.293 e. The Morgan fingerprint density at radius 1 is 0.886 bits per heavy atom. The lowest BCUT2D eigenvalue weighted by Crippen LogP contribution is -2.32. The van der Waals surface area contributed by atoms with Crippen LogP contribution in [0.4, 0.5) is 4.79 Å². The number of hydrogen-bond donors (Lipinski definition) is 0. The molecular weight excluding hydrogens is 462 g/mol. The number of carbonyl (C=O) groups is 2. The predicted octanol–water partition coefficient (Wildman–Crippen LogP) is 6.01. The molecule has 7 heteroatoms. The van der Waals surface area contributed by atoms with Crippen molar-refractivity contribution in [3.05, 3.63) is 93.9 Å². The van der Waals surface area contributed by atoms with E-state index < -0.39 is 0 Å². The normalized spacial score (nSPS) is 14.5. The van der Waals surface area contributed by atoms with Crippen molar-refractivity contribution in [3.8, 4) is 17.2 Å². The third-order valence-electron chi connectivity index (χ3n) is 5.51. The maximum atomic E-state index is 12.9. The average Bonchev–Trinajstić information content (AvgIpc) is 3.13. The molecule has 0 atom stereocenters. The monoisotopic (exact) mass is 489 g/mol. The number of benzene rings is 3. The summed E-state index contributed by atoms with van der Waals surface area (Å²) in [6.45, 7) is 4.79. The number of nitrogens with zero attached hydrogens (tertiary/aromatic N) is 1. The van der Waals surface area contributed by atoms with Gasteiger partial charge in [0.15, 0.2) is 11.5 Å². The Bertz CT molecular complexity index is 1260. The fourth-order valence-corrected chi connectivity index (χ4v) is 4.45. The van der Waals surface area contributed by atoms with Gasteiger partial charge in [0, 0.05) is 0 Å². The lowest BCUT2D eigenvalue weighted by Gasteiger charge is -2.14. The number of aryl methyl sites for hydroxylation is 2. The van der Waals surface area contributed by atoms with Crippen molar-refractivity contribution < 1.29 is 23.8 Å². The molecule has 35 heavy (non-hydrogen) atoms. The molecule has 0 aromatic heterocycles. The first-order chi connectivity index (χ1) is 16.9. The van der Waals surface area contributed by atoms with Crippen LogP contribution >= 0.6 is 11.8 Å². The number of thioether (sulfide) groups is 1. The van der Waals surface area contributed by atoms with Crippen LogP contribution in [0.5, 0.6) is 17.2 Å². The van der Waals surface area contributed by atoms with E-state index in [-0.39, 0.29) is 24.3 Å². The molecule has 1 saturated heterocycles. The van der Waals surface area contributed by atoms with Crippen LogP contribution in [0.15, 0.2) is 71.6 Å². The van der Waals surface area contributed by atoms with Crippen LogP contribution in [-0.4, -0.2) is 36.3 Å². The molecule has 3 aromatic rings. The molecule has 1 aliphatic heterocycles. The summed E-state index contributed by atoms with van der Waals surface area (Å²) in [7, 11) is 1.57. The lowest BCUT2D eigenvalue weighted by molar-refractivity contribution is -0.123. The highest BCUT2D eigenvalue weighted by molar-refractivity contribution is 8.18. The Morgan fingerprint density at radius 3 is 2.46 bits per heavy atom.